The van der Waals surface area contributed by atoms with Gasteiger partial charge in [-0.2, -0.15) is 0 Å². The van der Waals surface area contributed by atoms with E-state index in [1.165, 1.54) is 42.8 Å². The van der Waals surface area contributed by atoms with Gasteiger partial charge in [0.05, 0.1) is 0 Å². The molecule has 0 bridgehead atoms. The van der Waals surface area contributed by atoms with Crippen LogP contribution in [0.4, 0.5) is 0 Å². The van der Waals surface area contributed by atoms with Gasteiger partial charge in [0.2, 0.25) is 0 Å². The molecule has 1 nitrogen and oxygen atoms in total. The molecule has 0 N–H and O–H groups in total. The van der Waals surface area contributed by atoms with Crippen molar-refractivity contribution in [1.29, 1.82) is 0 Å². The Hall–Kier alpha value is -1.24. The van der Waals surface area contributed by atoms with Crippen molar-refractivity contribution in [2.24, 2.45) is 0 Å². The number of hydrogen-bond acceptors (Lipinski definition) is 1. The maximum absolute atomic E-state index is 4.16. The summed E-state index contributed by atoms with van der Waals surface area (Å²) in [5.74, 6) is 0. The highest BCUT2D eigenvalue weighted by molar-refractivity contribution is 5.62. The van der Waals surface area contributed by atoms with E-state index in [0.29, 0.717) is 0 Å². The Morgan fingerprint density at radius 2 is 1.56 bits per heavy atom. The van der Waals surface area contributed by atoms with Crippen molar-refractivity contribution in [3.63, 3.8) is 0 Å². The lowest BCUT2D eigenvalue weighted by molar-refractivity contribution is 0.494. The molecule has 0 unspecified atom stereocenters. The molecule has 1 aliphatic heterocycles. The summed E-state index contributed by atoms with van der Waals surface area (Å²) >= 11 is 0. The third kappa shape index (κ3) is 3.13. The summed E-state index contributed by atoms with van der Waals surface area (Å²) < 4.78 is 0. The van der Waals surface area contributed by atoms with Crippen molar-refractivity contribution in [1.82, 2.24) is 4.90 Å². The molecule has 0 aromatic heterocycles. The van der Waals surface area contributed by atoms with Crippen LogP contribution >= 0.6 is 0 Å². The molecule has 0 radical (unpaired) electrons. The van der Waals surface area contributed by atoms with Crippen molar-refractivity contribution in [2.45, 2.75) is 33.6 Å². The molecular weight excluding hydrogens is 194 g/mol. The average molecular weight is 217 g/mol. The second-order valence-electron chi connectivity index (χ2n) is 4.01. The molecular formula is C15H23N. The van der Waals surface area contributed by atoms with E-state index in [-0.39, 0.29) is 0 Å². The van der Waals surface area contributed by atoms with Crippen molar-refractivity contribution in [3.05, 3.63) is 42.0 Å². The van der Waals surface area contributed by atoms with Gasteiger partial charge in [0.1, 0.15) is 0 Å². The monoisotopic (exact) mass is 217 g/mol. The zero-order valence-electron chi connectivity index (χ0n) is 10.8. The third-order valence-electron chi connectivity index (χ3n) is 2.87. The highest BCUT2D eigenvalue weighted by atomic mass is 15.1. The summed E-state index contributed by atoms with van der Waals surface area (Å²) in [5.41, 5.74) is 3.75. The van der Waals surface area contributed by atoms with Crippen LogP contribution in [0.15, 0.2) is 30.8 Å². The minimum atomic E-state index is 1.17. The minimum Gasteiger partial charge on any atom is -0.372 e. The second-order valence-corrected chi connectivity index (χ2v) is 4.01. The smallest absolute Gasteiger partial charge is 0.0366 e. The van der Waals surface area contributed by atoms with Crippen molar-refractivity contribution in [2.75, 3.05) is 13.1 Å². The van der Waals surface area contributed by atoms with Gasteiger partial charge in [0.25, 0.3) is 0 Å². The van der Waals surface area contributed by atoms with Crippen LogP contribution in [0.5, 0.6) is 0 Å². The summed E-state index contributed by atoms with van der Waals surface area (Å²) in [6.45, 7) is 12.6. The summed E-state index contributed by atoms with van der Waals surface area (Å²) in [6.07, 6.45) is 2.62. The Labute approximate surface area is 99.8 Å². The predicted octanol–water partition coefficient (Wildman–Crippen LogP) is 4.09. The number of benzene rings is 1. The van der Waals surface area contributed by atoms with Gasteiger partial charge in [0, 0.05) is 18.8 Å². The first kappa shape index (κ1) is 12.8. The van der Waals surface area contributed by atoms with Crippen LogP contribution in [0.2, 0.25) is 0 Å². The van der Waals surface area contributed by atoms with E-state index < -0.39 is 0 Å². The number of hydrogen-bond donors (Lipinski definition) is 0. The molecule has 16 heavy (non-hydrogen) atoms. The number of rotatable bonds is 2. The molecule has 1 saturated heterocycles. The van der Waals surface area contributed by atoms with Crippen LogP contribution in [0.1, 0.15) is 37.8 Å². The van der Waals surface area contributed by atoms with Gasteiger partial charge < -0.3 is 4.90 Å². The fourth-order valence-corrected chi connectivity index (χ4v) is 1.92. The summed E-state index contributed by atoms with van der Waals surface area (Å²) in [6, 6.07) is 8.62. The first-order valence-corrected chi connectivity index (χ1v) is 6.28. The molecule has 1 aromatic rings. The van der Waals surface area contributed by atoms with Crippen LogP contribution in [0, 0.1) is 6.92 Å². The fraction of sp³-hybridized carbons (Fsp3) is 0.467. The predicted molar refractivity (Wildman–Crippen MR) is 72.4 cm³/mol. The van der Waals surface area contributed by atoms with Gasteiger partial charge in [-0.1, -0.05) is 50.3 Å². The summed E-state index contributed by atoms with van der Waals surface area (Å²) in [4.78, 5) is 2.38. The lowest BCUT2D eigenvalue weighted by atomic mass is 10.1. The molecule has 88 valence electrons. The first-order valence-electron chi connectivity index (χ1n) is 6.28. The Bertz CT molecular complexity index is 318. The van der Waals surface area contributed by atoms with E-state index in [2.05, 4.69) is 42.7 Å². The molecule has 0 atom stereocenters. The van der Waals surface area contributed by atoms with E-state index in [1.807, 2.05) is 13.8 Å². The van der Waals surface area contributed by atoms with Gasteiger partial charge in [0.15, 0.2) is 0 Å². The minimum absolute atomic E-state index is 1.17. The summed E-state index contributed by atoms with van der Waals surface area (Å²) in [5, 5.41) is 0. The third-order valence-corrected chi connectivity index (χ3v) is 2.87. The Balaban J connectivity index is 0.000000606. The fourth-order valence-electron chi connectivity index (χ4n) is 1.92. The van der Waals surface area contributed by atoms with Crippen LogP contribution in [0.25, 0.3) is 5.70 Å². The van der Waals surface area contributed by atoms with Gasteiger partial charge in [-0.05, 0) is 25.3 Å². The van der Waals surface area contributed by atoms with E-state index in [1.54, 1.807) is 0 Å². The molecule has 1 heterocycles. The molecule has 0 amide bonds. The van der Waals surface area contributed by atoms with E-state index in [0.717, 1.165) is 0 Å². The molecule has 1 fully saturated rings. The highest BCUT2D eigenvalue weighted by Crippen LogP contribution is 2.22. The highest BCUT2D eigenvalue weighted by Gasteiger charge is 2.13. The molecule has 2 rings (SSSR count). The first-order chi connectivity index (χ1) is 7.77. The van der Waals surface area contributed by atoms with E-state index >= 15 is 0 Å². The zero-order valence-corrected chi connectivity index (χ0v) is 10.8. The molecule has 1 aliphatic rings. The van der Waals surface area contributed by atoms with Crippen molar-refractivity contribution >= 4 is 5.70 Å². The number of aryl methyl sites for hydroxylation is 1. The standard InChI is InChI=1S/C13H17N.C2H6/c1-11-5-7-13(8-6-11)12(2)14-9-3-4-10-14;1-2/h5-8H,2-4,9-10H2,1H3;1-2H3. The van der Waals surface area contributed by atoms with E-state index in [9.17, 15) is 0 Å². The molecule has 1 aromatic carbocycles. The molecule has 0 aliphatic carbocycles. The number of nitrogens with zero attached hydrogens (tertiary/aromatic N) is 1. The van der Waals surface area contributed by atoms with Crippen LogP contribution in [0.3, 0.4) is 0 Å². The largest absolute Gasteiger partial charge is 0.372 e. The number of likely N-dealkylation sites (tertiary alicyclic amines) is 1. The Kier molecular flexibility index (Phi) is 5.10. The van der Waals surface area contributed by atoms with Crippen LogP contribution < -0.4 is 0 Å². The molecule has 0 saturated carbocycles. The van der Waals surface area contributed by atoms with Gasteiger partial charge in [-0.3, -0.25) is 0 Å². The molecule has 1 heteroatoms. The van der Waals surface area contributed by atoms with Gasteiger partial charge in [-0.25, -0.2) is 0 Å². The van der Waals surface area contributed by atoms with Crippen molar-refractivity contribution < 1.29 is 0 Å². The van der Waals surface area contributed by atoms with E-state index in [4.69, 9.17) is 0 Å². The topological polar surface area (TPSA) is 3.24 Å². The zero-order chi connectivity index (χ0) is 12.0. The maximum atomic E-state index is 4.16. The van der Waals surface area contributed by atoms with Crippen molar-refractivity contribution in [3.8, 4) is 0 Å². The quantitative estimate of drug-likeness (QED) is 0.721. The average Bonchev–Trinajstić information content (AvgIpc) is 2.85. The Morgan fingerprint density at radius 3 is 2.06 bits per heavy atom. The van der Waals surface area contributed by atoms with Crippen LogP contribution in [-0.2, 0) is 0 Å². The van der Waals surface area contributed by atoms with Crippen LogP contribution in [-0.4, -0.2) is 18.0 Å². The second kappa shape index (κ2) is 6.37. The summed E-state index contributed by atoms with van der Waals surface area (Å²) in [7, 11) is 0. The SMILES string of the molecule is C=C(c1ccc(C)cc1)N1CCCC1.CC. The maximum Gasteiger partial charge on any atom is 0.0366 e. The lowest BCUT2D eigenvalue weighted by Gasteiger charge is -2.20. The normalized spacial score (nSPS) is 14.3. The van der Waals surface area contributed by atoms with Gasteiger partial charge >= 0.3 is 0 Å². The molecule has 0 spiro atoms. The lowest BCUT2D eigenvalue weighted by Crippen LogP contribution is -2.16. The Morgan fingerprint density at radius 1 is 1.06 bits per heavy atom. The van der Waals surface area contributed by atoms with Gasteiger partial charge in [-0.15, -0.1) is 0 Å².